The summed E-state index contributed by atoms with van der Waals surface area (Å²) in [6.45, 7) is 3.48. The van der Waals surface area contributed by atoms with Crippen molar-refractivity contribution in [2.45, 2.75) is 25.8 Å². The second-order valence-corrected chi connectivity index (χ2v) is 9.86. The van der Waals surface area contributed by atoms with Crippen LogP contribution in [0.5, 0.6) is 5.75 Å². The number of nitrogens with zero attached hydrogens (tertiary/aromatic N) is 3. The highest BCUT2D eigenvalue weighted by atomic mass is 35.5. The molecule has 0 bridgehead atoms. The number of carbonyl (C=O) groups is 2. The number of aromatic nitrogens is 2. The molecule has 2 fully saturated rings. The number of esters is 1. The van der Waals surface area contributed by atoms with Crippen LogP contribution in [0.15, 0.2) is 48.8 Å². The van der Waals surface area contributed by atoms with Crippen molar-refractivity contribution in [3.05, 3.63) is 59.7 Å². The second kappa shape index (κ2) is 11.3. The summed E-state index contributed by atoms with van der Waals surface area (Å²) in [6, 6.07) is 7.88. The standard InChI is InChI=1S/C27H27ClFN5O4/c1-16-13-38-26(36)12-34(16)8-2-3-25(35)33-23-10-19-22(11-24(23)37-14-17-4-5-17)30-15-31-27(19)32-18-6-7-21(29)20(28)9-18/h2-3,6-7,9-11,15-17H,4-5,8,12-14H2,1H3,(H,33,35)(H,30,31,32)/b3-2+. The van der Waals surface area contributed by atoms with Crippen molar-refractivity contribution in [2.24, 2.45) is 5.92 Å². The third kappa shape index (κ3) is 6.38. The van der Waals surface area contributed by atoms with E-state index in [9.17, 15) is 14.0 Å². The first-order valence-corrected chi connectivity index (χ1v) is 12.7. The topological polar surface area (TPSA) is 106 Å². The summed E-state index contributed by atoms with van der Waals surface area (Å²) < 4.78 is 24.7. The summed E-state index contributed by atoms with van der Waals surface area (Å²) in [6.07, 6.45) is 6.81. The number of cyclic esters (lactones) is 1. The van der Waals surface area contributed by atoms with Gasteiger partial charge in [-0.05, 0) is 49.9 Å². The summed E-state index contributed by atoms with van der Waals surface area (Å²) in [5.41, 5.74) is 1.63. The average Bonchev–Trinajstić information content (AvgIpc) is 3.72. The van der Waals surface area contributed by atoms with Gasteiger partial charge in [0.1, 0.15) is 30.3 Å². The van der Waals surface area contributed by atoms with Crippen molar-refractivity contribution in [1.82, 2.24) is 14.9 Å². The Hall–Kier alpha value is -3.76. The Kier molecular flexibility index (Phi) is 7.71. The first-order chi connectivity index (χ1) is 18.4. The van der Waals surface area contributed by atoms with Gasteiger partial charge in [-0.15, -0.1) is 0 Å². The highest BCUT2D eigenvalue weighted by Gasteiger charge is 2.24. The zero-order valence-electron chi connectivity index (χ0n) is 20.7. The third-order valence-corrected chi connectivity index (χ3v) is 6.69. The summed E-state index contributed by atoms with van der Waals surface area (Å²) in [5.74, 6) is 0.346. The maximum atomic E-state index is 13.6. The molecule has 1 unspecified atom stereocenters. The molecule has 2 aromatic carbocycles. The fourth-order valence-electron chi connectivity index (χ4n) is 4.00. The zero-order valence-corrected chi connectivity index (χ0v) is 21.5. The lowest BCUT2D eigenvalue weighted by atomic mass is 10.1. The highest BCUT2D eigenvalue weighted by Crippen LogP contribution is 2.36. The van der Waals surface area contributed by atoms with Crippen LogP contribution in [0.25, 0.3) is 10.9 Å². The summed E-state index contributed by atoms with van der Waals surface area (Å²) >= 11 is 5.93. The lowest BCUT2D eigenvalue weighted by Gasteiger charge is -2.31. The van der Waals surface area contributed by atoms with Crippen molar-refractivity contribution in [3.63, 3.8) is 0 Å². The predicted octanol–water partition coefficient (Wildman–Crippen LogP) is 4.70. The fourth-order valence-corrected chi connectivity index (χ4v) is 4.18. The van der Waals surface area contributed by atoms with E-state index in [1.807, 2.05) is 11.8 Å². The van der Waals surface area contributed by atoms with E-state index in [2.05, 4.69) is 20.6 Å². The van der Waals surface area contributed by atoms with Crippen LogP contribution in [0.4, 0.5) is 21.6 Å². The van der Waals surface area contributed by atoms with Crippen LogP contribution in [0.2, 0.25) is 5.02 Å². The van der Waals surface area contributed by atoms with E-state index in [4.69, 9.17) is 21.1 Å². The van der Waals surface area contributed by atoms with E-state index in [0.717, 1.165) is 12.8 Å². The number of amides is 1. The van der Waals surface area contributed by atoms with E-state index >= 15 is 0 Å². The molecule has 5 rings (SSSR count). The van der Waals surface area contributed by atoms with Crippen LogP contribution < -0.4 is 15.4 Å². The van der Waals surface area contributed by atoms with Gasteiger partial charge in [0.05, 0.1) is 29.4 Å². The number of anilines is 3. The van der Waals surface area contributed by atoms with E-state index in [1.165, 1.54) is 24.5 Å². The Labute approximate surface area is 224 Å². The maximum absolute atomic E-state index is 13.6. The van der Waals surface area contributed by atoms with Gasteiger partial charge in [0.15, 0.2) is 0 Å². The summed E-state index contributed by atoms with van der Waals surface area (Å²) in [7, 11) is 0. The number of hydrogen-bond donors (Lipinski definition) is 2. The minimum Gasteiger partial charge on any atom is -0.491 e. The van der Waals surface area contributed by atoms with E-state index in [0.29, 0.717) is 59.5 Å². The molecule has 1 aliphatic carbocycles. The third-order valence-electron chi connectivity index (χ3n) is 6.40. The average molecular weight is 540 g/mol. The molecular formula is C27H27ClFN5O4. The number of rotatable bonds is 9. The molecule has 1 saturated carbocycles. The molecule has 2 aliphatic rings. The van der Waals surface area contributed by atoms with E-state index in [-0.39, 0.29) is 29.5 Å². The highest BCUT2D eigenvalue weighted by molar-refractivity contribution is 6.31. The Morgan fingerprint density at radius 2 is 2.13 bits per heavy atom. The summed E-state index contributed by atoms with van der Waals surface area (Å²) in [4.78, 5) is 35.0. The molecule has 1 atom stereocenters. The number of morpholine rings is 1. The van der Waals surface area contributed by atoms with Crippen LogP contribution >= 0.6 is 11.6 Å². The van der Waals surface area contributed by atoms with Gasteiger partial charge in [-0.3, -0.25) is 14.5 Å². The van der Waals surface area contributed by atoms with Gasteiger partial charge < -0.3 is 20.1 Å². The Bertz CT molecular complexity index is 1400. The van der Waals surface area contributed by atoms with Crippen molar-refractivity contribution in [2.75, 3.05) is 36.9 Å². The Balaban J connectivity index is 1.37. The molecule has 2 N–H and O–H groups in total. The fraction of sp³-hybridized carbons (Fsp3) is 0.333. The van der Waals surface area contributed by atoms with Gasteiger partial charge in [0.2, 0.25) is 5.91 Å². The molecule has 9 nitrogen and oxygen atoms in total. The van der Waals surface area contributed by atoms with Gasteiger partial charge in [0.25, 0.3) is 0 Å². The number of halogens is 2. The smallest absolute Gasteiger partial charge is 0.320 e. The summed E-state index contributed by atoms with van der Waals surface area (Å²) in [5, 5.41) is 6.65. The van der Waals surface area contributed by atoms with Crippen molar-refractivity contribution in [3.8, 4) is 5.75 Å². The molecule has 3 aromatic rings. The minimum absolute atomic E-state index is 0.0142. The van der Waals surface area contributed by atoms with Gasteiger partial charge >= 0.3 is 5.97 Å². The molecule has 198 valence electrons. The van der Waals surface area contributed by atoms with Crippen LogP contribution in [-0.2, 0) is 14.3 Å². The lowest BCUT2D eigenvalue weighted by Crippen LogP contribution is -2.46. The van der Waals surface area contributed by atoms with Gasteiger partial charge in [-0.25, -0.2) is 14.4 Å². The number of nitrogens with one attached hydrogen (secondary N) is 2. The molecule has 1 aromatic heterocycles. The van der Waals surface area contributed by atoms with Crippen LogP contribution in [-0.4, -0.2) is 59.1 Å². The van der Waals surface area contributed by atoms with Crippen molar-refractivity contribution < 1.29 is 23.5 Å². The zero-order chi connectivity index (χ0) is 26.6. The predicted molar refractivity (Wildman–Crippen MR) is 142 cm³/mol. The maximum Gasteiger partial charge on any atom is 0.320 e. The largest absolute Gasteiger partial charge is 0.491 e. The molecule has 1 saturated heterocycles. The molecule has 0 spiro atoms. The quantitative estimate of drug-likeness (QED) is 0.298. The van der Waals surface area contributed by atoms with Gasteiger partial charge in [0, 0.05) is 35.8 Å². The number of ether oxygens (including phenoxy) is 2. The van der Waals surface area contributed by atoms with E-state index < -0.39 is 5.82 Å². The SMILES string of the molecule is CC1COC(=O)CN1C/C=C/C(=O)Nc1cc2c(Nc3ccc(F)c(Cl)c3)ncnc2cc1OCC1CC1. The second-order valence-electron chi connectivity index (χ2n) is 9.45. The lowest BCUT2D eigenvalue weighted by molar-refractivity contribution is -0.153. The van der Waals surface area contributed by atoms with Gasteiger partial charge in [-0.1, -0.05) is 17.7 Å². The van der Waals surface area contributed by atoms with E-state index in [1.54, 1.807) is 24.3 Å². The molecule has 1 aliphatic heterocycles. The number of benzene rings is 2. The monoisotopic (exact) mass is 539 g/mol. The Morgan fingerprint density at radius 3 is 2.92 bits per heavy atom. The Morgan fingerprint density at radius 1 is 1.29 bits per heavy atom. The molecule has 11 heteroatoms. The van der Waals surface area contributed by atoms with Crippen molar-refractivity contribution >= 4 is 51.6 Å². The molecule has 2 heterocycles. The first-order valence-electron chi connectivity index (χ1n) is 12.4. The first kappa shape index (κ1) is 25.9. The van der Waals surface area contributed by atoms with Gasteiger partial charge in [-0.2, -0.15) is 0 Å². The van der Waals surface area contributed by atoms with Crippen LogP contribution in [0, 0.1) is 11.7 Å². The normalized spacial score (nSPS) is 18.0. The van der Waals surface area contributed by atoms with Crippen LogP contribution in [0.3, 0.4) is 0 Å². The van der Waals surface area contributed by atoms with Crippen molar-refractivity contribution in [1.29, 1.82) is 0 Å². The molecule has 38 heavy (non-hydrogen) atoms. The number of carbonyl (C=O) groups excluding carboxylic acids is 2. The van der Waals surface area contributed by atoms with Crippen LogP contribution in [0.1, 0.15) is 19.8 Å². The minimum atomic E-state index is -0.519. The molecule has 0 radical (unpaired) electrons. The number of fused-ring (bicyclic) bond motifs is 1. The molecular weight excluding hydrogens is 513 g/mol. The molecule has 1 amide bonds. The number of hydrogen-bond acceptors (Lipinski definition) is 8.